The predicted molar refractivity (Wildman–Crippen MR) is 79.6 cm³/mol. The third-order valence-electron chi connectivity index (χ3n) is 4.22. The van der Waals surface area contributed by atoms with Crippen LogP contribution in [0.3, 0.4) is 0 Å². The molecular formula is C16H24N2O2. The van der Waals surface area contributed by atoms with Gasteiger partial charge >= 0.3 is 0 Å². The van der Waals surface area contributed by atoms with Crippen LogP contribution in [0.15, 0.2) is 24.3 Å². The summed E-state index contributed by atoms with van der Waals surface area (Å²) in [4.78, 5) is 11.5. The molecule has 0 aliphatic heterocycles. The maximum Gasteiger partial charge on any atom is 0.251 e. The Morgan fingerprint density at radius 1 is 1.20 bits per heavy atom. The van der Waals surface area contributed by atoms with Crippen LogP contribution < -0.4 is 10.6 Å². The molecule has 0 heterocycles. The Morgan fingerprint density at radius 2 is 1.85 bits per heavy atom. The number of hydrogen-bond donors (Lipinski definition) is 3. The fourth-order valence-corrected chi connectivity index (χ4v) is 2.83. The second-order valence-electron chi connectivity index (χ2n) is 5.63. The minimum Gasteiger partial charge on any atom is -0.394 e. The van der Waals surface area contributed by atoms with Crippen LogP contribution in [-0.2, 0) is 6.54 Å². The lowest BCUT2D eigenvalue weighted by molar-refractivity contribution is 0.0963. The summed E-state index contributed by atoms with van der Waals surface area (Å²) in [7, 11) is 1.63. The van der Waals surface area contributed by atoms with Crippen molar-refractivity contribution in [2.24, 2.45) is 0 Å². The van der Waals surface area contributed by atoms with E-state index in [9.17, 15) is 9.90 Å². The summed E-state index contributed by atoms with van der Waals surface area (Å²) in [6.07, 6.45) is 5.72. The van der Waals surface area contributed by atoms with Gasteiger partial charge in [0.15, 0.2) is 0 Å². The lowest BCUT2D eigenvalue weighted by Crippen LogP contribution is -2.49. The molecule has 20 heavy (non-hydrogen) atoms. The smallest absolute Gasteiger partial charge is 0.251 e. The topological polar surface area (TPSA) is 61.4 Å². The van der Waals surface area contributed by atoms with Crippen molar-refractivity contribution in [3.63, 3.8) is 0 Å². The van der Waals surface area contributed by atoms with Gasteiger partial charge < -0.3 is 15.7 Å². The van der Waals surface area contributed by atoms with E-state index in [-0.39, 0.29) is 18.1 Å². The second-order valence-corrected chi connectivity index (χ2v) is 5.63. The van der Waals surface area contributed by atoms with Gasteiger partial charge in [0.25, 0.3) is 5.91 Å². The quantitative estimate of drug-likeness (QED) is 0.769. The Balaban J connectivity index is 1.94. The Morgan fingerprint density at radius 3 is 2.40 bits per heavy atom. The zero-order valence-corrected chi connectivity index (χ0v) is 12.1. The molecule has 4 nitrogen and oxygen atoms in total. The van der Waals surface area contributed by atoms with E-state index in [4.69, 9.17) is 0 Å². The van der Waals surface area contributed by atoms with Crippen molar-refractivity contribution in [2.45, 2.75) is 44.2 Å². The standard InChI is InChI=1S/C16H24N2O2/c1-17-15(20)14-7-5-13(6-8-14)11-18-16(12-19)9-3-2-4-10-16/h5-8,18-19H,2-4,9-12H2,1H3,(H,17,20). The van der Waals surface area contributed by atoms with Crippen LogP contribution in [-0.4, -0.2) is 30.2 Å². The fourth-order valence-electron chi connectivity index (χ4n) is 2.83. The maximum absolute atomic E-state index is 11.5. The average molecular weight is 276 g/mol. The van der Waals surface area contributed by atoms with E-state index in [2.05, 4.69) is 10.6 Å². The van der Waals surface area contributed by atoms with Gasteiger partial charge in [0.1, 0.15) is 0 Å². The molecule has 110 valence electrons. The molecule has 1 amide bonds. The van der Waals surface area contributed by atoms with E-state index in [0.717, 1.165) is 24.9 Å². The lowest BCUT2D eigenvalue weighted by Gasteiger charge is -2.36. The first kappa shape index (κ1) is 15.0. The number of benzene rings is 1. The summed E-state index contributed by atoms with van der Waals surface area (Å²) < 4.78 is 0. The number of nitrogens with one attached hydrogen (secondary N) is 2. The van der Waals surface area contributed by atoms with Crippen LogP contribution in [0.1, 0.15) is 48.0 Å². The summed E-state index contributed by atoms with van der Waals surface area (Å²) in [6, 6.07) is 7.60. The first-order valence-electron chi connectivity index (χ1n) is 7.36. The molecule has 0 spiro atoms. The van der Waals surface area contributed by atoms with Gasteiger partial charge in [-0.25, -0.2) is 0 Å². The van der Waals surface area contributed by atoms with Crippen molar-refractivity contribution in [1.29, 1.82) is 0 Å². The van der Waals surface area contributed by atoms with E-state index >= 15 is 0 Å². The van der Waals surface area contributed by atoms with Crippen molar-refractivity contribution in [3.05, 3.63) is 35.4 Å². The summed E-state index contributed by atoms with van der Waals surface area (Å²) in [5.41, 5.74) is 1.69. The zero-order chi connectivity index (χ0) is 14.4. The van der Waals surface area contributed by atoms with Gasteiger partial charge in [-0.2, -0.15) is 0 Å². The Bertz CT molecular complexity index is 436. The summed E-state index contributed by atoms with van der Waals surface area (Å²) in [5, 5.41) is 15.8. The Kier molecular flexibility index (Phi) is 5.15. The molecule has 0 bridgehead atoms. The molecule has 0 aromatic heterocycles. The molecule has 3 N–H and O–H groups in total. The van der Waals surface area contributed by atoms with Crippen LogP contribution in [0.2, 0.25) is 0 Å². The third-order valence-corrected chi connectivity index (χ3v) is 4.22. The summed E-state index contributed by atoms with van der Waals surface area (Å²) in [6.45, 7) is 0.928. The summed E-state index contributed by atoms with van der Waals surface area (Å²) in [5.74, 6) is -0.0661. The number of carbonyl (C=O) groups is 1. The lowest BCUT2D eigenvalue weighted by atomic mass is 9.82. The molecule has 0 unspecified atom stereocenters. The van der Waals surface area contributed by atoms with Gasteiger partial charge in [-0.3, -0.25) is 4.79 Å². The zero-order valence-electron chi connectivity index (χ0n) is 12.1. The van der Waals surface area contributed by atoms with E-state index in [1.54, 1.807) is 7.05 Å². The number of carbonyl (C=O) groups excluding carboxylic acids is 1. The highest BCUT2D eigenvalue weighted by molar-refractivity contribution is 5.93. The molecule has 1 aromatic rings. The third kappa shape index (κ3) is 3.58. The maximum atomic E-state index is 11.5. The molecule has 1 saturated carbocycles. The highest BCUT2D eigenvalue weighted by Gasteiger charge is 2.30. The molecule has 0 saturated heterocycles. The molecule has 4 heteroatoms. The molecule has 1 aliphatic rings. The predicted octanol–water partition coefficient (Wildman–Crippen LogP) is 1.83. The Hall–Kier alpha value is -1.39. The Labute approximate surface area is 120 Å². The van der Waals surface area contributed by atoms with Gasteiger partial charge in [0, 0.05) is 24.7 Å². The number of aliphatic hydroxyl groups excluding tert-OH is 1. The number of rotatable bonds is 5. The van der Waals surface area contributed by atoms with Gasteiger partial charge in [0.2, 0.25) is 0 Å². The molecule has 0 radical (unpaired) electrons. The monoisotopic (exact) mass is 276 g/mol. The molecular weight excluding hydrogens is 252 g/mol. The van der Waals surface area contributed by atoms with Crippen LogP contribution in [0.5, 0.6) is 0 Å². The van der Waals surface area contributed by atoms with Crippen molar-refractivity contribution in [3.8, 4) is 0 Å². The molecule has 1 aliphatic carbocycles. The number of hydrogen-bond acceptors (Lipinski definition) is 3. The first-order valence-corrected chi connectivity index (χ1v) is 7.36. The van der Waals surface area contributed by atoms with Crippen molar-refractivity contribution >= 4 is 5.91 Å². The highest BCUT2D eigenvalue weighted by atomic mass is 16.3. The van der Waals surface area contributed by atoms with Crippen molar-refractivity contribution < 1.29 is 9.90 Å². The van der Waals surface area contributed by atoms with Gasteiger partial charge in [0.05, 0.1) is 6.61 Å². The van der Waals surface area contributed by atoms with Gasteiger partial charge in [-0.15, -0.1) is 0 Å². The van der Waals surface area contributed by atoms with Gasteiger partial charge in [-0.1, -0.05) is 31.4 Å². The molecule has 0 atom stereocenters. The minimum absolute atomic E-state index is 0.0661. The average Bonchev–Trinajstić information content (AvgIpc) is 2.53. The normalized spacial score (nSPS) is 17.7. The van der Waals surface area contributed by atoms with Crippen molar-refractivity contribution in [2.75, 3.05) is 13.7 Å². The number of aliphatic hydroxyl groups is 1. The minimum atomic E-state index is -0.113. The van der Waals surface area contributed by atoms with Crippen LogP contribution >= 0.6 is 0 Å². The van der Waals surface area contributed by atoms with E-state index in [1.165, 1.54) is 19.3 Å². The van der Waals surface area contributed by atoms with Crippen molar-refractivity contribution in [1.82, 2.24) is 10.6 Å². The van der Waals surface area contributed by atoms with Gasteiger partial charge in [-0.05, 0) is 30.5 Å². The second kappa shape index (κ2) is 6.86. The first-order chi connectivity index (χ1) is 9.69. The van der Waals surface area contributed by atoms with E-state index in [1.807, 2.05) is 24.3 Å². The number of amides is 1. The largest absolute Gasteiger partial charge is 0.394 e. The highest BCUT2D eigenvalue weighted by Crippen LogP contribution is 2.28. The molecule has 2 rings (SSSR count). The van der Waals surface area contributed by atoms with E-state index < -0.39 is 0 Å². The van der Waals surface area contributed by atoms with Crippen LogP contribution in [0.4, 0.5) is 0 Å². The van der Waals surface area contributed by atoms with E-state index in [0.29, 0.717) is 5.56 Å². The van der Waals surface area contributed by atoms with Crippen LogP contribution in [0, 0.1) is 0 Å². The summed E-state index contributed by atoms with van der Waals surface area (Å²) >= 11 is 0. The molecule has 1 aromatic carbocycles. The fraction of sp³-hybridized carbons (Fsp3) is 0.562. The molecule has 1 fully saturated rings. The SMILES string of the molecule is CNC(=O)c1ccc(CNC2(CO)CCCCC2)cc1. The van der Waals surface area contributed by atoms with Crippen LogP contribution in [0.25, 0.3) is 0 Å².